The van der Waals surface area contributed by atoms with Gasteiger partial charge in [0.05, 0.1) is 28.9 Å². The van der Waals surface area contributed by atoms with Crippen LogP contribution >= 0.6 is 11.6 Å². The number of hydrogen-bond donors (Lipinski definition) is 2. The van der Waals surface area contributed by atoms with Crippen LogP contribution in [-0.4, -0.2) is 31.1 Å². The second-order valence-corrected chi connectivity index (χ2v) is 8.22. The van der Waals surface area contributed by atoms with Crippen LogP contribution in [0.4, 0.5) is 15.8 Å². The van der Waals surface area contributed by atoms with Gasteiger partial charge >= 0.3 is 0 Å². The molecule has 1 unspecified atom stereocenters. The smallest absolute Gasteiger partial charge is 0.274 e. The van der Waals surface area contributed by atoms with Gasteiger partial charge < -0.3 is 10.6 Å². The summed E-state index contributed by atoms with van der Waals surface area (Å²) in [4.78, 5) is 29.6. The SMILES string of the molecule is Cc1cc(C)n(C(C)C(=O)Nc2ccc(NC(=O)c3cncn3-c3ccc(F)cc3)cc2Cl)n1. The van der Waals surface area contributed by atoms with Crippen molar-refractivity contribution in [3.8, 4) is 5.69 Å². The highest BCUT2D eigenvalue weighted by Gasteiger charge is 2.19. The van der Waals surface area contributed by atoms with Crippen LogP contribution in [0.15, 0.2) is 61.1 Å². The zero-order chi connectivity index (χ0) is 24.4. The molecule has 0 fully saturated rings. The van der Waals surface area contributed by atoms with Crippen LogP contribution in [-0.2, 0) is 4.79 Å². The molecule has 10 heteroatoms. The highest BCUT2D eigenvalue weighted by Crippen LogP contribution is 2.27. The molecule has 2 aromatic heterocycles. The summed E-state index contributed by atoms with van der Waals surface area (Å²) in [6.07, 6.45) is 2.88. The van der Waals surface area contributed by atoms with E-state index >= 15 is 0 Å². The molecule has 2 aromatic carbocycles. The summed E-state index contributed by atoms with van der Waals surface area (Å²) in [6, 6.07) is 11.9. The van der Waals surface area contributed by atoms with Crippen molar-refractivity contribution in [1.82, 2.24) is 19.3 Å². The summed E-state index contributed by atoms with van der Waals surface area (Å²) >= 11 is 6.37. The Morgan fingerprint density at radius 2 is 1.79 bits per heavy atom. The van der Waals surface area contributed by atoms with E-state index in [1.807, 2.05) is 19.9 Å². The van der Waals surface area contributed by atoms with E-state index in [0.717, 1.165) is 11.4 Å². The number of aromatic nitrogens is 4. The van der Waals surface area contributed by atoms with Gasteiger partial charge in [-0.3, -0.25) is 18.8 Å². The predicted molar refractivity (Wildman–Crippen MR) is 128 cm³/mol. The average molecular weight is 481 g/mol. The Hall–Kier alpha value is -3.98. The summed E-state index contributed by atoms with van der Waals surface area (Å²) in [5, 5.41) is 10.2. The fourth-order valence-corrected chi connectivity index (χ4v) is 3.77. The molecule has 174 valence electrons. The van der Waals surface area contributed by atoms with Gasteiger partial charge in [0.1, 0.15) is 17.6 Å². The molecule has 0 aliphatic carbocycles. The molecule has 0 bridgehead atoms. The molecule has 0 aliphatic heterocycles. The minimum atomic E-state index is -0.532. The van der Waals surface area contributed by atoms with Crippen molar-refractivity contribution >= 4 is 34.8 Å². The standard InChI is InChI=1S/C24H22ClFN6O2/c1-14-10-15(2)32(30-14)16(3)23(33)29-21-9-6-18(11-20(21)25)28-24(34)22-12-27-13-31(22)19-7-4-17(26)5-8-19/h4-13,16H,1-3H3,(H,28,34)(H,29,33). The van der Waals surface area contributed by atoms with E-state index < -0.39 is 11.9 Å². The quantitative estimate of drug-likeness (QED) is 0.409. The predicted octanol–water partition coefficient (Wildman–Crippen LogP) is 4.93. The average Bonchev–Trinajstić information content (AvgIpc) is 3.42. The number of carbonyl (C=O) groups is 2. The summed E-state index contributed by atoms with van der Waals surface area (Å²) in [6.45, 7) is 5.50. The lowest BCUT2D eigenvalue weighted by Gasteiger charge is -2.16. The fraction of sp³-hybridized carbons (Fsp3) is 0.167. The van der Waals surface area contributed by atoms with Gasteiger partial charge in [-0.1, -0.05) is 11.6 Å². The Bertz CT molecular complexity index is 1360. The van der Waals surface area contributed by atoms with E-state index in [9.17, 15) is 14.0 Å². The van der Waals surface area contributed by atoms with Gasteiger partial charge in [-0.2, -0.15) is 5.10 Å². The summed E-state index contributed by atoms with van der Waals surface area (Å²) < 4.78 is 16.4. The first-order valence-electron chi connectivity index (χ1n) is 10.5. The van der Waals surface area contributed by atoms with Gasteiger partial charge in [-0.05, 0) is 69.3 Å². The number of amides is 2. The third-order valence-electron chi connectivity index (χ3n) is 5.25. The van der Waals surface area contributed by atoms with Crippen molar-refractivity contribution in [3.63, 3.8) is 0 Å². The lowest BCUT2D eigenvalue weighted by atomic mass is 10.2. The number of anilines is 2. The first-order valence-corrected chi connectivity index (χ1v) is 10.8. The number of nitrogens with zero attached hydrogens (tertiary/aromatic N) is 4. The van der Waals surface area contributed by atoms with Crippen LogP contribution in [0.25, 0.3) is 5.69 Å². The topological polar surface area (TPSA) is 93.8 Å². The number of carbonyl (C=O) groups excluding carboxylic acids is 2. The fourth-order valence-electron chi connectivity index (χ4n) is 3.55. The molecule has 2 heterocycles. The van der Waals surface area contributed by atoms with Crippen LogP contribution in [0.2, 0.25) is 5.02 Å². The van der Waals surface area contributed by atoms with Crippen molar-refractivity contribution in [3.05, 3.63) is 89.0 Å². The largest absolute Gasteiger partial charge is 0.323 e. The van der Waals surface area contributed by atoms with Crippen LogP contribution < -0.4 is 10.6 Å². The molecular weight excluding hydrogens is 459 g/mol. The lowest BCUT2D eigenvalue weighted by molar-refractivity contribution is -0.119. The van der Waals surface area contributed by atoms with E-state index in [2.05, 4.69) is 20.7 Å². The number of halogens is 2. The summed E-state index contributed by atoms with van der Waals surface area (Å²) in [7, 11) is 0. The molecule has 2 N–H and O–H groups in total. The Morgan fingerprint density at radius 1 is 1.06 bits per heavy atom. The molecule has 2 amide bonds. The van der Waals surface area contributed by atoms with E-state index in [-0.39, 0.29) is 22.4 Å². The molecule has 0 aliphatic rings. The second-order valence-electron chi connectivity index (χ2n) is 7.81. The van der Waals surface area contributed by atoms with Gasteiger partial charge in [0.2, 0.25) is 5.91 Å². The molecule has 0 spiro atoms. The Kier molecular flexibility index (Phi) is 6.47. The first kappa shape index (κ1) is 23.2. The minimum absolute atomic E-state index is 0.263. The van der Waals surface area contributed by atoms with Crippen LogP contribution in [0.5, 0.6) is 0 Å². The van der Waals surface area contributed by atoms with E-state index in [1.54, 1.807) is 46.5 Å². The van der Waals surface area contributed by atoms with E-state index in [1.165, 1.54) is 24.7 Å². The zero-order valence-corrected chi connectivity index (χ0v) is 19.5. The normalized spacial score (nSPS) is 11.8. The van der Waals surface area contributed by atoms with Gasteiger partial charge in [0.25, 0.3) is 5.91 Å². The van der Waals surface area contributed by atoms with Crippen LogP contribution in [0.1, 0.15) is 34.8 Å². The molecule has 8 nitrogen and oxygen atoms in total. The maximum absolute atomic E-state index is 13.2. The number of imidazole rings is 1. The second kappa shape index (κ2) is 9.48. The van der Waals surface area contributed by atoms with E-state index in [4.69, 9.17) is 11.6 Å². The molecule has 0 saturated heterocycles. The molecule has 0 saturated carbocycles. The minimum Gasteiger partial charge on any atom is -0.323 e. The number of aryl methyl sites for hydroxylation is 2. The van der Waals surface area contributed by atoms with Crippen molar-refractivity contribution in [2.45, 2.75) is 26.8 Å². The van der Waals surface area contributed by atoms with Gasteiger partial charge in [0, 0.05) is 17.1 Å². The maximum Gasteiger partial charge on any atom is 0.274 e. The molecule has 0 radical (unpaired) electrons. The third-order valence-corrected chi connectivity index (χ3v) is 5.56. The zero-order valence-electron chi connectivity index (χ0n) is 18.7. The summed E-state index contributed by atoms with van der Waals surface area (Å²) in [5.74, 6) is -1.07. The van der Waals surface area contributed by atoms with Crippen LogP contribution in [0, 0.1) is 19.7 Å². The van der Waals surface area contributed by atoms with Crippen molar-refractivity contribution < 1.29 is 14.0 Å². The molecule has 4 rings (SSSR count). The van der Waals surface area contributed by atoms with Gasteiger partial charge in [0.15, 0.2) is 0 Å². The van der Waals surface area contributed by atoms with Crippen molar-refractivity contribution in [1.29, 1.82) is 0 Å². The van der Waals surface area contributed by atoms with Crippen molar-refractivity contribution in [2.75, 3.05) is 10.6 Å². The number of rotatable bonds is 6. The monoisotopic (exact) mass is 480 g/mol. The van der Waals surface area contributed by atoms with E-state index in [0.29, 0.717) is 17.1 Å². The number of nitrogens with one attached hydrogen (secondary N) is 2. The molecule has 1 atom stereocenters. The molecular formula is C24H22ClFN6O2. The third kappa shape index (κ3) is 4.84. The first-order chi connectivity index (χ1) is 16.2. The number of hydrogen-bond acceptors (Lipinski definition) is 4. The Labute approximate surface area is 200 Å². The van der Waals surface area contributed by atoms with Gasteiger partial charge in [-0.25, -0.2) is 9.37 Å². The Morgan fingerprint density at radius 3 is 2.44 bits per heavy atom. The summed E-state index contributed by atoms with van der Waals surface area (Å²) in [5.41, 5.74) is 3.41. The number of benzene rings is 2. The maximum atomic E-state index is 13.2. The molecule has 34 heavy (non-hydrogen) atoms. The lowest BCUT2D eigenvalue weighted by Crippen LogP contribution is -2.25. The van der Waals surface area contributed by atoms with Gasteiger partial charge in [-0.15, -0.1) is 0 Å². The van der Waals surface area contributed by atoms with Crippen molar-refractivity contribution in [2.24, 2.45) is 0 Å². The van der Waals surface area contributed by atoms with Crippen LogP contribution in [0.3, 0.4) is 0 Å². The molecule has 4 aromatic rings. The Balaban J connectivity index is 1.46. The highest BCUT2D eigenvalue weighted by molar-refractivity contribution is 6.34. The highest BCUT2D eigenvalue weighted by atomic mass is 35.5.